The molecule has 0 saturated heterocycles. The molecule has 1 unspecified atom stereocenters. The van der Waals surface area contributed by atoms with Crippen molar-refractivity contribution in [2.24, 2.45) is 0 Å². The van der Waals surface area contributed by atoms with Crippen LogP contribution in [-0.4, -0.2) is 19.2 Å². The molecule has 0 fully saturated rings. The van der Waals surface area contributed by atoms with Crippen LogP contribution in [0, 0.1) is 0 Å². The summed E-state index contributed by atoms with van der Waals surface area (Å²) in [6.07, 6.45) is 4.76. The summed E-state index contributed by atoms with van der Waals surface area (Å²) in [5, 5.41) is 3.29. The molecule has 0 bridgehead atoms. The SMILES string of the molecule is CCCNC(C)/C=C/c1cc(Br)ccc1OC(F)F. The number of ether oxygens (including phenoxy) is 1. The maximum absolute atomic E-state index is 12.3. The van der Waals surface area contributed by atoms with E-state index in [4.69, 9.17) is 0 Å². The summed E-state index contributed by atoms with van der Waals surface area (Å²) >= 11 is 3.32. The lowest BCUT2D eigenvalue weighted by molar-refractivity contribution is -0.0499. The van der Waals surface area contributed by atoms with Gasteiger partial charge in [-0.25, -0.2) is 0 Å². The van der Waals surface area contributed by atoms with Gasteiger partial charge < -0.3 is 10.1 Å². The van der Waals surface area contributed by atoms with E-state index in [-0.39, 0.29) is 11.8 Å². The van der Waals surface area contributed by atoms with Crippen molar-refractivity contribution in [2.75, 3.05) is 6.54 Å². The van der Waals surface area contributed by atoms with Crippen LogP contribution in [-0.2, 0) is 0 Å². The maximum atomic E-state index is 12.3. The van der Waals surface area contributed by atoms with Crippen LogP contribution >= 0.6 is 15.9 Å². The summed E-state index contributed by atoms with van der Waals surface area (Å²) in [5.41, 5.74) is 0.625. The van der Waals surface area contributed by atoms with Gasteiger partial charge in [-0.05, 0) is 38.1 Å². The summed E-state index contributed by atoms with van der Waals surface area (Å²) in [6.45, 7) is 2.21. The van der Waals surface area contributed by atoms with E-state index < -0.39 is 6.61 Å². The number of rotatable bonds is 7. The Morgan fingerprint density at radius 2 is 2.16 bits per heavy atom. The van der Waals surface area contributed by atoms with Gasteiger partial charge in [-0.1, -0.05) is 35.0 Å². The molecule has 0 aliphatic heterocycles. The smallest absolute Gasteiger partial charge is 0.387 e. The topological polar surface area (TPSA) is 21.3 Å². The third kappa shape index (κ3) is 6.16. The van der Waals surface area contributed by atoms with Crippen LogP contribution in [0.1, 0.15) is 25.8 Å². The molecule has 1 N–H and O–H groups in total. The molecular weight excluding hydrogens is 316 g/mol. The molecule has 0 saturated carbocycles. The van der Waals surface area contributed by atoms with Crippen LogP contribution in [0.4, 0.5) is 8.78 Å². The molecule has 106 valence electrons. The molecule has 1 aromatic carbocycles. The number of halogens is 3. The van der Waals surface area contributed by atoms with E-state index >= 15 is 0 Å². The largest absolute Gasteiger partial charge is 0.434 e. The molecule has 0 spiro atoms. The minimum atomic E-state index is -2.82. The van der Waals surface area contributed by atoms with Gasteiger partial charge in [0.2, 0.25) is 0 Å². The Morgan fingerprint density at radius 3 is 2.79 bits per heavy atom. The number of alkyl halides is 2. The monoisotopic (exact) mass is 333 g/mol. The van der Waals surface area contributed by atoms with Crippen molar-refractivity contribution >= 4 is 22.0 Å². The van der Waals surface area contributed by atoms with E-state index in [0.29, 0.717) is 5.56 Å². The number of hydrogen-bond acceptors (Lipinski definition) is 2. The van der Waals surface area contributed by atoms with Crippen LogP contribution < -0.4 is 10.1 Å². The fourth-order valence-electron chi connectivity index (χ4n) is 1.54. The van der Waals surface area contributed by atoms with Gasteiger partial charge in [0.05, 0.1) is 0 Å². The van der Waals surface area contributed by atoms with E-state index in [1.807, 2.05) is 13.0 Å². The van der Waals surface area contributed by atoms with Crippen LogP contribution in [0.2, 0.25) is 0 Å². The molecule has 19 heavy (non-hydrogen) atoms. The van der Waals surface area contributed by atoms with Crippen LogP contribution in [0.25, 0.3) is 6.08 Å². The highest BCUT2D eigenvalue weighted by atomic mass is 79.9. The lowest BCUT2D eigenvalue weighted by Crippen LogP contribution is -2.24. The van der Waals surface area contributed by atoms with E-state index in [2.05, 4.69) is 32.9 Å². The average Bonchev–Trinajstić information content (AvgIpc) is 2.36. The number of nitrogens with one attached hydrogen (secondary N) is 1. The highest BCUT2D eigenvalue weighted by Crippen LogP contribution is 2.26. The predicted octanol–water partition coefficient (Wildman–Crippen LogP) is 4.45. The van der Waals surface area contributed by atoms with Gasteiger partial charge in [0.25, 0.3) is 0 Å². The van der Waals surface area contributed by atoms with Crippen molar-refractivity contribution in [1.82, 2.24) is 5.32 Å². The first kappa shape index (κ1) is 16.1. The Morgan fingerprint density at radius 1 is 1.42 bits per heavy atom. The average molecular weight is 334 g/mol. The minimum Gasteiger partial charge on any atom is -0.434 e. The molecule has 1 aromatic rings. The van der Waals surface area contributed by atoms with Crippen molar-refractivity contribution in [1.29, 1.82) is 0 Å². The Bertz CT molecular complexity index is 424. The lowest BCUT2D eigenvalue weighted by Gasteiger charge is -2.10. The third-order valence-corrected chi connectivity index (χ3v) is 2.96. The normalized spacial score (nSPS) is 13.2. The van der Waals surface area contributed by atoms with Crippen LogP contribution in [0.3, 0.4) is 0 Å². The van der Waals surface area contributed by atoms with Gasteiger partial charge >= 0.3 is 6.61 Å². The summed E-state index contributed by atoms with van der Waals surface area (Å²) in [5.74, 6) is 0.178. The fourth-order valence-corrected chi connectivity index (χ4v) is 1.92. The second-order valence-corrected chi connectivity index (χ2v) is 5.08. The maximum Gasteiger partial charge on any atom is 0.387 e. The molecule has 0 aliphatic carbocycles. The van der Waals surface area contributed by atoms with Crippen molar-refractivity contribution in [3.63, 3.8) is 0 Å². The lowest BCUT2D eigenvalue weighted by atomic mass is 10.1. The summed E-state index contributed by atoms with van der Waals surface area (Å²) in [4.78, 5) is 0. The number of hydrogen-bond donors (Lipinski definition) is 1. The standard InChI is InChI=1S/C14H18BrF2NO/c1-3-8-18-10(2)4-5-11-9-12(15)6-7-13(11)19-14(16)17/h4-7,9-10,14,18H,3,8H2,1-2H3/b5-4+. The molecule has 1 atom stereocenters. The molecule has 1 rings (SSSR count). The molecule has 0 amide bonds. The quantitative estimate of drug-likeness (QED) is 0.795. The molecule has 0 heterocycles. The number of benzene rings is 1. The van der Waals surface area contributed by atoms with Gasteiger partial charge in [0.15, 0.2) is 0 Å². The summed E-state index contributed by atoms with van der Waals surface area (Å²) < 4.78 is 29.9. The molecule has 0 aliphatic rings. The Hall–Kier alpha value is -0.940. The van der Waals surface area contributed by atoms with Crippen molar-refractivity contribution in [2.45, 2.75) is 32.9 Å². The van der Waals surface area contributed by atoms with Gasteiger partial charge in [-0.15, -0.1) is 0 Å². The first-order chi connectivity index (χ1) is 9.02. The highest BCUT2D eigenvalue weighted by Gasteiger charge is 2.08. The summed E-state index contributed by atoms with van der Waals surface area (Å²) in [7, 11) is 0. The first-order valence-corrected chi connectivity index (χ1v) is 6.98. The molecule has 0 radical (unpaired) electrons. The minimum absolute atomic E-state index is 0.178. The van der Waals surface area contributed by atoms with Gasteiger partial charge in [-0.2, -0.15) is 8.78 Å². The van der Waals surface area contributed by atoms with Crippen molar-refractivity contribution < 1.29 is 13.5 Å². The van der Waals surface area contributed by atoms with Crippen LogP contribution in [0.15, 0.2) is 28.7 Å². The van der Waals surface area contributed by atoms with Gasteiger partial charge in [0.1, 0.15) is 5.75 Å². The van der Waals surface area contributed by atoms with Crippen molar-refractivity contribution in [3.8, 4) is 5.75 Å². The Labute approximate surface area is 121 Å². The Kier molecular flexibility index (Phi) is 7.02. The molecular formula is C14H18BrF2NO. The molecule has 5 heteroatoms. The van der Waals surface area contributed by atoms with E-state index in [1.54, 1.807) is 18.2 Å². The third-order valence-electron chi connectivity index (χ3n) is 2.47. The zero-order valence-corrected chi connectivity index (χ0v) is 12.6. The molecule has 0 aromatic heterocycles. The van der Waals surface area contributed by atoms with E-state index in [9.17, 15) is 8.78 Å². The van der Waals surface area contributed by atoms with Crippen LogP contribution in [0.5, 0.6) is 5.75 Å². The van der Waals surface area contributed by atoms with Gasteiger partial charge in [-0.3, -0.25) is 0 Å². The highest BCUT2D eigenvalue weighted by molar-refractivity contribution is 9.10. The fraction of sp³-hybridized carbons (Fsp3) is 0.429. The first-order valence-electron chi connectivity index (χ1n) is 6.19. The molecule has 2 nitrogen and oxygen atoms in total. The van der Waals surface area contributed by atoms with E-state index in [1.165, 1.54) is 6.07 Å². The zero-order valence-electron chi connectivity index (χ0n) is 11.0. The van der Waals surface area contributed by atoms with E-state index in [0.717, 1.165) is 17.4 Å². The Balaban J connectivity index is 2.79. The zero-order chi connectivity index (χ0) is 14.3. The second-order valence-electron chi connectivity index (χ2n) is 4.16. The summed E-state index contributed by atoms with van der Waals surface area (Å²) in [6, 6.07) is 5.13. The van der Waals surface area contributed by atoms with Gasteiger partial charge in [0, 0.05) is 16.1 Å². The van der Waals surface area contributed by atoms with Crippen molar-refractivity contribution in [3.05, 3.63) is 34.3 Å². The predicted molar refractivity (Wildman–Crippen MR) is 77.6 cm³/mol. The second kappa shape index (κ2) is 8.27.